The zero-order chi connectivity index (χ0) is 17.1. The van der Waals surface area contributed by atoms with Crippen LogP contribution < -0.4 is 10.2 Å². The minimum Gasteiger partial charge on any atom is -0.385 e. The van der Waals surface area contributed by atoms with Crippen molar-refractivity contribution in [1.82, 2.24) is 9.55 Å². The van der Waals surface area contributed by atoms with Crippen LogP contribution >= 0.6 is 39.7 Å². The molecule has 0 bridgehead atoms. The number of thiazole rings is 2. The number of halogens is 1. The Morgan fingerprint density at radius 1 is 1.08 bits per heavy atom. The third-order valence-corrected chi connectivity index (χ3v) is 5.86. The molecule has 0 saturated heterocycles. The summed E-state index contributed by atoms with van der Waals surface area (Å²) in [6, 6.07) is 16.5. The largest absolute Gasteiger partial charge is 0.385 e. The summed E-state index contributed by atoms with van der Waals surface area (Å²) < 4.78 is 9.81. The summed E-state index contributed by atoms with van der Waals surface area (Å²) in [6.07, 6.45) is 0.950. The monoisotopic (exact) mass is 450 g/mol. The molecule has 0 radical (unpaired) electrons. The lowest BCUT2D eigenvalue weighted by Gasteiger charge is -2.04. The molecular weight excluding hydrogens is 432 g/mol. The Hall–Kier alpha value is -1.74. The van der Waals surface area contributed by atoms with E-state index >= 15 is 0 Å². The average molecular weight is 451 g/mol. The SMILES string of the molecule is Br.COCCCn1c(=NNc2nc3ccccc3s2)sc2ccccc21. The fraction of sp³-hybridized carbons (Fsp3) is 0.222. The van der Waals surface area contributed by atoms with E-state index in [1.807, 2.05) is 18.2 Å². The highest BCUT2D eigenvalue weighted by atomic mass is 79.9. The first-order valence-corrected chi connectivity index (χ1v) is 9.71. The summed E-state index contributed by atoms with van der Waals surface area (Å²) >= 11 is 3.29. The van der Waals surface area contributed by atoms with Gasteiger partial charge < -0.3 is 9.30 Å². The van der Waals surface area contributed by atoms with Crippen molar-refractivity contribution >= 4 is 65.2 Å². The number of hydrogen-bond donors (Lipinski definition) is 1. The van der Waals surface area contributed by atoms with Gasteiger partial charge in [0.15, 0.2) is 0 Å². The molecule has 0 atom stereocenters. The Kier molecular flexibility index (Phi) is 6.42. The van der Waals surface area contributed by atoms with Crippen LogP contribution in [0.15, 0.2) is 53.6 Å². The van der Waals surface area contributed by atoms with E-state index < -0.39 is 0 Å². The van der Waals surface area contributed by atoms with Crippen molar-refractivity contribution in [1.29, 1.82) is 0 Å². The lowest BCUT2D eigenvalue weighted by Crippen LogP contribution is -2.17. The number of fused-ring (bicyclic) bond motifs is 2. The molecule has 5 nitrogen and oxygen atoms in total. The molecule has 4 aromatic rings. The fourth-order valence-electron chi connectivity index (χ4n) is 2.70. The molecule has 0 unspecified atom stereocenters. The molecule has 2 aromatic carbocycles. The summed E-state index contributed by atoms with van der Waals surface area (Å²) in [7, 11) is 1.73. The molecule has 1 N–H and O–H groups in total. The summed E-state index contributed by atoms with van der Waals surface area (Å²) in [6.45, 7) is 1.61. The Bertz CT molecular complexity index is 1040. The molecule has 136 valence electrons. The number of ether oxygens (including phenoxy) is 1. The Balaban J connectivity index is 0.00000196. The van der Waals surface area contributed by atoms with Crippen LogP contribution in [-0.2, 0) is 11.3 Å². The quantitative estimate of drug-likeness (QED) is 0.337. The third-order valence-electron chi connectivity index (χ3n) is 3.86. The second-order valence-electron chi connectivity index (χ2n) is 5.56. The van der Waals surface area contributed by atoms with Crippen molar-refractivity contribution in [2.75, 3.05) is 19.1 Å². The van der Waals surface area contributed by atoms with E-state index in [9.17, 15) is 0 Å². The van der Waals surface area contributed by atoms with Gasteiger partial charge in [-0.15, -0.1) is 22.1 Å². The highest BCUT2D eigenvalue weighted by molar-refractivity contribution is 8.93. The van der Waals surface area contributed by atoms with Gasteiger partial charge in [0.25, 0.3) is 0 Å². The maximum absolute atomic E-state index is 5.19. The molecule has 4 rings (SSSR count). The first-order chi connectivity index (χ1) is 12.3. The molecule has 0 aliphatic heterocycles. The number of aromatic nitrogens is 2. The number of anilines is 1. The number of nitrogens with one attached hydrogen (secondary N) is 1. The molecule has 0 fully saturated rings. The summed E-state index contributed by atoms with van der Waals surface area (Å²) in [5.74, 6) is 0. The lowest BCUT2D eigenvalue weighted by molar-refractivity contribution is 0.190. The van der Waals surface area contributed by atoms with Crippen LogP contribution in [0.25, 0.3) is 20.4 Å². The van der Waals surface area contributed by atoms with Crippen molar-refractivity contribution in [3.05, 3.63) is 53.3 Å². The molecule has 0 aliphatic carbocycles. The zero-order valence-electron chi connectivity index (χ0n) is 14.2. The predicted octanol–water partition coefficient (Wildman–Crippen LogP) is 4.85. The Labute approximate surface area is 169 Å². The van der Waals surface area contributed by atoms with Crippen LogP contribution in [0.5, 0.6) is 0 Å². The van der Waals surface area contributed by atoms with Gasteiger partial charge in [-0.25, -0.2) is 10.4 Å². The molecule has 0 spiro atoms. The lowest BCUT2D eigenvalue weighted by atomic mass is 10.3. The van der Waals surface area contributed by atoms with Gasteiger partial charge in [0, 0.05) is 20.3 Å². The molecule has 8 heteroatoms. The van der Waals surface area contributed by atoms with Gasteiger partial charge >= 0.3 is 0 Å². The van der Waals surface area contributed by atoms with E-state index in [0.717, 1.165) is 39.7 Å². The van der Waals surface area contributed by atoms with Crippen molar-refractivity contribution in [3.63, 3.8) is 0 Å². The predicted molar refractivity (Wildman–Crippen MR) is 115 cm³/mol. The first kappa shape index (κ1) is 19.0. The zero-order valence-corrected chi connectivity index (χ0v) is 17.6. The van der Waals surface area contributed by atoms with Crippen LogP contribution in [0.2, 0.25) is 0 Å². The number of aryl methyl sites for hydroxylation is 1. The molecule has 0 saturated carbocycles. The molecule has 2 heterocycles. The Morgan fingerprint density at radius 3 is 2.65 bits per heavy atom. The maximum atomic E-state index is 5.19. The van der Waals surface area contributed by atoms with E-state index in [0.29, 0.717) is 0 Å². The van der Waals surface area contributed by atoms with Crippen molar-refractivity contribution in [2.45, 2.75) is 13.0 Å². The third kappa shape index (κ3) is 3.98. The fourth-order valence-corrected chi connectivity index (χ4v) is 4.53. The average Bonchev–Trinajstić information content (AvgIpc) is 3.21. The van der Waals surface area contributed by atoms with Gasteiger partial charge in [0.1, 0.15) is 0 Å². The standard InChI is InChI=1S/C18H18N4OS2.BrH/c1-23-12-6-11-22-14-8-3-5-10-16(14)25-18(22)21-20-17-19-13-7-2-4-9-15(13)24-17;/h2-5,7-10H,6,11-12H2,1H3,(H,19,20);1H. The minimum absolute atomic E-state index is 0. The van der Waals surface area contributed by atoms with Crippen LogP contribution in [0.4, 0.5) is 5.13 Å². The number of para-hydroxylation sites is 2. The smallest absolute Gasteiger partial charge is 0.209 e. The molecule has 2 aromatic heterocycles. The van der Waals surface area contributed by atoms with E-state index in [4.69, 9.17) is 4.74 Å². The summed E-state index contributed by atoms with van der Waals surface area (Å²) in [4.78, 5) is 5.52. The highest BCUT2D eigenvalue weighted by Crippen LogP contribution is 2.25. The summed E-state index contributed by atoms with van der Waals surface area (Å²) in [5.41, 5.74) is 5.33. The van der Waals surface area contributed by atoms with Gasteiger partial charge in [-0.05, 0) is 30.7 Å². The van der Waals surface area contributed by atoms with E-state index in [1.165, 1.54) is 10.2 Å². The van der Waals surface area contributed by atoms with Gasteiger partial charge in [-0.3, -0.25) is 0 Å². The summed E-state index contributed by atoms with van der Waals surface area (Å²) in [5, 5.41) is 5.43. The number of rotatable bonds is 6. The highest BCUT2D eigenvalue weighted by Gasteiger charge is 2.06. The second-order valence-corrected chi connectivity index (χ2v) is 7.60. The van der Waals surface area contributed by atoms with E-state index in [-0.39, 0.29) is 17.0 Å². The number of hydrogen-bond acceptors (Lipinski definition) is 6. The minimum atomic E-state index is 0. The number of benzene rings is 2. The van der Waals surface area contributed by atoms with Gasteiger partial charge in [0.05, 0.1) is 20.4 Å². The molecule has 0 aliphatic rings. The molecule has 26 heavy (non-hydrogen) atoms. The van der Waals surface area contributed by atoms with E-state index in [1.54, 1.807) is 29.8 Å². The Morgan fingerprint density at radius 2 is 1.85 bits per heavy atom. The van der Waals surface area contributed by atoms with Crippen LogP contribution in [0, 0.1) is 0 Å². The number of nitrogens with zero attached hydrogens (tertiary/aromatic N) is 3. The first-order valence-electron chi connectivity index (χ1n) is 8.08. The molecular formula is C18H19BrN4OS2. The van der Waals surface area contributed by atoms with E-state index in [2.05, 4.69) is 50.4 Å². The van der Waals surface area contributed by atoms with Crippen LogP contribution in [0.3, 0.4) is 0 Å². The van der Waals surface area contributed by atoms with Crippen molar-refractivity contribution in [3.8, 4) is 0 Å². The second kappa shape index (κ2) is 8.77. The molecule has 0 amide bonds. The van der Waals surface area contributed by atoms with Crippen molar-refractivity contribution < 1.29 is 4.74 Å². The van der Waals surface area contributed by atoms with Gasteiger partial charge in [-0.1, -0.05) is 46.9 Å². The van der Waals surface area contributed by atoms with Crippen LogP contribution in [-0.4, -0.2) is 23.3 Å². The maximum Gasteiger partial charge on any atom is 0.209 e. The van der Waals surface area contributed by atoms with Crippen LogP contribution in [0.1, 0.15) is 6.42 Å². The van der Waals surface area contributed by atoms with Gasteiger partial charge in [-0.2, -0.15) is 0 Å². The van der Waals surface area contributed by atoms with Gasteiger partial charge in [0.2, 0.25) is 9.93 Å². The normalized spacial score (nSPS) is 11.8. The number of methoxy groups -OCH3 is 1. The topological polar surface area (TPSA) is 51.4 Å². The van der Waals surface area contributed by atoms with Crippen molar-refractivity contribution in [2.24, 2.45) is 5.10 Å².